The van der Waals surface area contributed by atoms with E-state index >= 15 is 0 Å². The smallest absolute Gasteiger partial charge is 0.323 e. The molecule has 140 valence electrons. The van der Waals surface area contributed by atoms with Gasteiger partial charge in [0.05, 0.1) is 25.5 Å². The molecule has 2 aromatic rings. The Morgan fingerprint density at radius 1 is 0.885 bits per heavy atom. The number of anilines is 2. The third-order valence-electron chi connectivity index (χ3n) is 3.25. The van der Waals surface area contributed by atoms with E-state index in [9.17, 15) is 9.18 Å². The second-order valence-corrected chi connectivity index (χ2v) is 5.19. The summed E-state index contributed by atoms with van der Waals surface area (Å²) in [4.78, 5) is 12.2. The molecule has 2 rings (SSSR count). The van der Waals surface area contributed by atoms with Crippen LogP contribution in [0.5, 0.6) is 17.2 Å². The monoisotopic (exact) mass is 362 g/mol. The number of amides is 2. The Kier molecular flexibility index (Phi) is 7.08. The van der Waals surface area contributed by atoms with Gasteiger partial charge in [-0.1, -0.05) is 6.07 Å². The number of benzene rings is 2. The number of nitrogens with one attached hydrogen (secondary N) is 2. The van der Waals surface area contributed by atoms with Gasteiger partial charge in [-0.05, 0) is 39.0 Å². The first-order chi connectivity index (χ1) is 12.6. The lowest BCUT2D eigenvalue weighted by Gasteiger charge is -2.17. The van der Waals surface area contributed by atoms with Gasteiger partial charge < -0.3 is 24.8 Å². The van der Waals surface area contributed by atoms with Crippen molar-refractivity contribution in [3.63, 3.8) is 0 Å². The van der Waals surface area contributed by atoms with Crippen LogP contribution in [0.3, 0.4) is 0 Å². The lowest BCUT2D eigenvalue weighted by molar-refractivity contribution is 0.260. The van der Waals surface area contributed by atoms with E-state index in [2.05, 4.69) is 10.6 Å². The van der Waals surface area contributed by atoms with Crippen molar-refractivity contribution in [2.24, 2.45) is 0 Å². The molecule has 7 heteroatoms. The largest absolute Gasteiger partial charge is 0.490 e. The average Bonchev–Trinajstić information content (AvgIpc) is 2.58. The van der Waals surface area contributed by atoms with Crippen LogP contribution >= 0.6 is 0 Å². The van der Waals surface area contributed by atoms with Crippen molar-refractivity contribution in [2.75, 3.05) is 30.5 Å². The molecule has 26 heavy (non-hydrogen) atoms. The van der Waals surface area contributed by atoms with Gasteiger partial charge in [-0.15, -0.1) is 0 Å². The molecule has 0 aliphatic carbocycles. The van der Waals surface area contributed by atoms with Crippen molar-refractivity contribution < 1.29 is 23.4 Å². The highest BCUT2D eigenvalue weighted by Crippen LogP contribution is 2.40. The minimum atomic E-state index is -0.510. The second-order valence-electron chi connectivity index (χ2n) is 5.19. The summed E-state index contributed by atoms with van der Waals surface area (Å²) in [6.45, 7) is 6.89. The SMILES string of the molecule is CCOc1cc(NC(=O)Nc2cccc(F)c2)cc(OCC)c1OCC. The Labute approximate surface area is 152 Å². The fraction of sp³-hybridized carbons (Fsp3) is 0.316. The number of urea groups is 1. The van der Waals surface area contributed by atoms with Gasteiger partial charge >= 0.3 is 6.03 Å². The molecule has 0 heterocycles. The van der Waals surface area contributed by atoms with Crippen molar-refractivity contribution in [1.29, 1.82) is 0 Å². The summed E-state index contributed by atoms with van der Waals surface area (Å²) in [5, 5.41) is 5.26. The number of hydrogen-bond donors (Lipinski definition) is 2. The number of carbonyl (C=O) groups excluding carboxylic acids is 1. The molecule has 0 atom stereocenters. The molecule has 0 aliphatic heterocycles. The number of hydrogen-bond acceptors (Lipinski definition) is 4. The van der Waals surface area contributed by atoms with E-state index in [-0.39, 0.29) is 0 Å². The van der Waals surface area contributed by atoms with Crippen LogP contribution < -0.4 is 24.8 Å². The van der Waals surface area contributed by atoms with E-state index in [0.717, 1.165) is 0 Å². The molecule has 2 amide bonds. The van der Waals surface area contributed by atoms with Crippen molar-refractivity contribution in [1.82, 2.24) is 0 Å². The van der Waals surface area contributed by atoms with Crippen LogP contribution in [0.4, 0.5) is 20.6 Å². The minimum absolute atomic E-state index is 0.350. The van der Waals surface area contributed by atoms with Crippen LogP contribution in [0.2, 0.25) is 0 Å². The number of rotatable bonds is 8. The van der Waals surface area contributed by atoms with Crippen LogP contribution in [0.1, 0.15) is 20.8 Å². The molecule has 6 nitrogen and oxygen atoms in total. The van der Waals surface area contributed by atoms with Crippen LogP contribution in [-0.2, 0) is 0 Å². The maximum absolute atomic E-state index is 13.2. The summed E-state index contributed by atoms with van der Waals surface area (Å²) in [6.07, 6.45) is 0. The normalized spacial score (nSPS) is 10.2. The molecule has 0 radical (unpaired) electrons. The first kappa shape index (κ1) is 19.4. The molecule has 0 spiro atoms. The summed E-state index contributed by atoms with van der Waals surface area (Å²) in [6, 6.07) is 8.45. The molecule has 0 fully saturated rings. The van der Waals surface area contributed by atoms with E-state index in [1.54, 1.807) is 18.2 Å². The lowest BCUT2D eigenvalue weighted by Crippen LogP contribution is -2.19. The Morgan fingerprint density at radius 3 is 2.00 bits per heavy atom. The van der Waals surface area contributed by atoms with Crippen LogP contribution in [-0.4, -0.2) is 25.9 Å². The first-order valence-electron chi connectivity index (χ1n) is 8.47. The van der Waals surface area contributed by atoms with Gasteiger partial charge in [0.1, 0.15) is 5.82 Å². The zero-order valence-corrected chi connectivity index (χ0v) is 15.1. The third kappa shape index (κ3) is 5.27. The zero-order chi connectivity index (χ0) is 18.9. The summed E-state index contributed by atoms with van der Waals surface area (Å²) in [7, 11) is 0. The Hall–Kier alpha value is -2.96. The Balaban J connectivity index is 2.22. The minimum Gasteiger partial charge on any atom is -0.490 e. The third-order valence-corrected chi connectivity index (χ3v) is 3.25. The lowest BCUT2D eigenvalue weighted by atomic mass is 10.2. The maximum Gasteiger partial charge on any atom is 0.323 e. The standard InChI is InChI=1S/C19H23FN2O4/c1-4-24-16-11-15(12-17(25-5-2)18(16)26-6-3)22-19(23)21-14-9-7-8-13(20)10-14/h7-12H,4-6H2,1-3H3,(H2,21,22,23). The van der Waals surface area contributed by atoms with Crippen LogP contribution in [0.25, 0.3) is 0 Å². The van der Waals surface area contributed by atoms with Crippen molar-refractivity contribution >= 4 is 17.4 Å². The molecule has 0 saturated carbocycles. The van der Waals surface area contributed by atoms with Gasteiger partial charge in [-0.2, -0.15) is 0 Å². The summed E-state index contributed by atoms with van der Waals surface area (Å²) < 4.78 is 30.1. The second kappa shape index (κ2) is 9.50. The van der Waals surface area contributed by atoms with Gasteiger partial charge in [0.15, 0.2) is 11.5 Å². The fourth-order valence-electron chi connectivity index (χ4n) is 2.32. The van der Waals surface area contributed by atoms with E-state index in [1.807, 2.05) is 20.8 Å². The topological polar surface area (TPSA) is 68.8 Å². The molecule has 0 aromatic heterocycles. The molecule has 2 N–H and O–H groups in total. The summed E-state index contributed by atoms with van der Waals surface area (Å²) in [5.74, 6) is 1.01. The molecule has 0 unspecified atom stereocenters. The molecule has 0 saturated heterocycles. The van der Waals surface area contributed by atoms with E-state index < -0.39 is 11.8 Å². The van der Waals surface area contributed by atoms with Gasteiger partial charge in [-0.25, -0.2) is 9.18 Å². The zero-order valence-electron chi connectivity index (χ0n) is 15.1. The fourth-order valence-corrected chi connectivity index (χ4v) is 2.32. The molecule has 2 aromatic carbocycles. The molecule has 0 aliphatic rings. The number of ether oxygens (including phenoxy) is 3. The summed E-state index contributed by atoms with van der Waals surface area (Å²) in [5.41, 5.74) is 0.817. The number of halogens is 1. The first-order valence-corrected chi connectivity index (χ1v) is 8.47. The van der Waals surface area contributed by atoms with E-state index in [1.165, 1.54) is 18.2 Å². The van der Waals surface area contributed by atoms with Crippen molar-refractivity contribution in [3.05, 3.63) is 42.2 Å². The Bertz CT molecular complexity index is 725. The maximum atomic E-state index is 13.2. The highest BCUT2D eigenvalue weighted by Gasteiger charge is 2.16. The predicted octanol–water partition coefficient (Wildman–Crippen LogP) is 4.67. The summed E-state index contributed by atoms with van der Waals surface area (Å²) >= 11 is 0. The van der Waals surface area contributed by atoms with Gasteiger partial charge in [0.2, 0.25) is 5.75 Å². The highest BCUT2D eigenvalue weighted by molar-refractivity contribution is 6.00. The van der Waals surface area contributed by atoms with E-state index in [0.29, 0.717) is 48.4 Å². The van der Waals surface area contributed by atoms with Gasteiger partial charge in [0.25, 0.3) is 0 Å². The Morgan fingerprint density at radius 2 is 1.46 bits per heavy atom. The van der Waals surface area contributed by atoms with Crippen molar-refractivity contribution in [2.45, 2.75) is 20.8 Å². The predicted molar refractivity (Wildman–Crippen MR) is 99.0 cm³/mol. The average molecular weight is 362 g/mol. The van der Waals surface area contributed by atoms with Crippen LogP contribution in [0, 0.1) is 5.82 Å². The molecular formula is C19H23FN2O4. The number of carbonyl (C=O) groups is 1. The highest BCUT2D eigenvalue weighted by atomic mass is 19.1. The van der Waals surface area contributed by atoms with Gasteiger partial charge in [-0.3, -0.25) is 0 Å². The molecular weight excluding hydrogens is 339 g/mol. The van der Waals surface area contributed by atoms with Gasteiger partial charge in [0, 0.05) is 17.8 Å². The van der Waals surface area contributed by atoms with Crippen LogP contribution in [0.15, 0.2) is 36.4 Å². The molecule has 0 bridgehead atoms. The van der Waals surface area contributed by atoms with Crippen molar-refractivity contribution in [3.8, 4) is 17.2 Å². The quantitative estimate of drug-likeness (QED) is 0.716. The van der Waals surface area contributed by atoms with E-state index in [4.69, 9.17) is 14.2 Å².